The Bertz CT molecular complexity index is 836. The summed E-state index contributed by atoms with van der Waals surface area (Å²) in [5.41, 5.74) is 2.83. The number of anilines is 1. The highest BCUT2D eigenvalue weighted by Gasteiger charge is 2.23. The van der Waals surface area contributed by atoms with E-state index in [2.05, 4.69) is 20.7 Å². The van der Waals surface area contributed by atoms with Crippen LogP contribution in [-0.4, -0.2) is 31.1 Å². The number of nitrogens with one attached hydrogen (secondary N) is 3. The molecular formula is C19H19N3O4. The number of carbonyl (C=O) groups excluding carboxylic acids is 3. The van der Waals surface area contributed by atoms with Gasteiger partial charge in [-0.2, -0.15) is 0 Å². The number of alkyl carbamates (subject to hydrolysis) is 1. The lowest BCUT2D eigenvalue weighted by Crippen LogP contribution is -2.45. The van der Waals surface area contributed by atoms with Gasteiger partial charge in [0.25, 0.3) is 5.91 Å². The largest absolute Gasteiger partial charge is 0.453 e. The molecule has 3 rings (SSSR count). The number of carbonyl (C=O) groups is 3. The van der Waals surface area contributed by atoms with Crippen LogP contribution in [0.1, 0.15) is 21.5 Å². The van der Waals surface area contributed by atoms with Crippen molar-refractivity contribution in [2.45, 2.75) is 19.0 Å². The Labute approximate surface area is 150 Å². The van der Waals surface area contributed by atoms with Crippen LogP contribution in [0.3, 0.4) is 0 Å². The zero-order valence-electron chi connectivity index (χ0n) is 14.2. The van der Waals surface area contributed by atoms with E-state index in [1.165, 1.54) is 7.11 Å². The van der Waals surface area contributed by atoms with Gasteiger partial charge in [0.2, 0.25) is 5.91 Å². The minimum Gasteiger partial charge on any atom is -0.453 e. The first kappa shape index (κ1) is 17.5. The fourth-order valence-electron chi connectivity index (χ4n) is 2.78. The number of fused-ring (bicyclic) bond motifs is 1. The van der Waals surface area contributed by atoms with Crippen LogP contribution in [0.4, 0.5) is 10.5 Å². The van der Waals surface area contributed by atoms with Gasteiger partial charge >= 0.3 is 6.09 Å². The van der Waals surface area contributed by atoms with Crippen LogP contribution >= 0.6 is 0 Å². The second-order valence-electron chi connectivity index (χ2n) is 5.92. The minimum atomic E-state index is -0.813. The second-order valence-corrected chi connectivity index (χ2v) is 5.92. The molecule has 3 N–H and O–H groups in total. The van der Waals surface area contributed by atoms with Crippen molar-refractivity contribution in [1.29, 1.82) is 0 Å². The van der Waals surface area contributed by atoms with Gasteiger partial charge in [0, 0.05) is 24.2 Å². The van der Waals surface area contributed by atoms with Crippen LogP contribution < -0.4 is 16.0 Å². The van der Waals surface area contributed by atoms with E-state index in [1.807, 2.05) is 30.3 Å². The van der Waals surface area contributed by atoms with E-state index in [0.717, 1.165) is 11.1 Å². The maximum absolute atomic E-state index is 12.7. The summed E-state index contributed by atoms with van der Waals surface area (Å²) >= 11 is 0. The number of rotatable bonds is 5. The van der Waals surface area contributed by atoms with Gasteiger partial charge in [-0.25, -0.2) is 4.79 Å². The molecule has 26 heavy (non-hydrogen) atoms. The Balaban J connectivity index is 1.75. The Morgan fingerprint density at radius 2 is 1.96 bits per heavy atom. The molecule has 1 atom stereocenters. The average Bonchev–Trinajstić information content (AvgIpc) is 3.02. The first-order chi connectivity index (χ1) is 12.6. The quantitative estimate of drug-likeness (QED) is 0.764. The van der Waals surface area contributed by atoms with Crippen molar-refractivity contribution >= 4 is 23.6 Å². The third-order valence-electron chi connectivity index (χ3n) is 4.14. The van der Waals surface area contributed by atoms with E-state index >= 15 is 0 Å². The van der Waals surface area contributed by atoms with Gasteiger partial charge in [0.05, 0.1) is 7.11 Å². The summed E-state index contributed by atoms with van der Waals surface area (Å²) in [7, 11) is 1.24. The number of amides is 3. The molecule has 0 saturated heterocycles. The van der Waals surface area contributed by atoms with Crippen LogP contribution in [0.5, 0.6) is 0 Å². The number of hydrogen-bond acceptors (Lipinski definition) is 4. The molecule has 0 aliphatic carbocycles. The van der Waals surface area contributed by atoms with Crippen molar-refractivity contribution in [3.63, 3.8) is 0 Å². The van der Waals surface area contributed by atoms with Crippen molar-refractivity contribution in [3.8, 4) is 0 Å². The topological polar surface area (TPSA) is 96.5 Å². The van der Waals surface area contributed by atoms with Gasteiger partial charge in [0.1, 0.15) is 6.04 Å². The fraction of sp³-hybridized carbons (Fsp3) is 0.211. The van der Waals surface area contributed by atoms with Crippen molar-refractivity contribution in [2.75, 3.05) is 12.4 Å². The first-order valence-corrected chi connectivity index (χ1v) is 8.17. The van der Waals surface area contributed by atoms with Crippen molar-refractivity contribution < 1.29 is 19.1 Å². The van der Waals surface area contributed by atoms with E-state index in [9.17, 15) is 14.4 Å². The zero-order chi connectivity index (χ0) is 18.5. The predicted octanol–water partition coefficient (Wildman–Crippen LogP) is 1.84. The summed E-state index contributed by atoms with van der Waals surface area (Å²) in [6.45, 7) is 0.489. The number of benzene rings is 2. The van der Waals surface area contributed by atoms with E-state index in [1.54, 1.807) is 18.2 Å². The summed E-state index contributed by atoms with van der Waals surface area (Å²) in [5.74, 6) is -0.553. The molecule has 0 aromatic heterocycles. The Morgan fingerprint density at radius 1 is 1.19 bits per heavy atom. The highest BCUT2D eigenvalue weighted by atomic mass is 16.5. The van der Waals surface area contributed by atoms with Crippen molar-refractivity contribution in [3.05, 3.63) is 65.2 Å². The molecule has 0 radical (unpaired) electrons. The van der Waals surface area contributed by atoms with Crippen LogP contribution in [0.15, 0.2) is 48.5 Å². The summed E-state index contributed by atoms with van der Waals surface area (Å²) in [5, 5.41) is 8.03. The average molecular weight is 353 g/mol. The molecule has 0 bridgehead atoms. The molecule has 1 unspecified atom stereocenters. The summed E-state index contributed by atoms with van der Waals surface area (Å²) in [4.78, 5) is 36.0. The standard InChI is InChI=1S/C19H19N3O4/c1-26-19(25)22-16(9-12-5-3-2-4-6-12)18(24)21-14-8-7-13-11-20-17(23)15(13)10-14/h2-8,10,16H,9,11H2,1H3,(H,20,23)(H,21,24)(H,22,25). The lowest BCUT2D eigenvalue weighted by molar-refractivity contribution is -0.118. The first-order valence-electron chi connectivity index (χ1n) is 8.17. The molecule has 2 aromatic carbocycles. The second kappa shape index (κ2) is 7.69. The molecule has 3 amide bonds. The van der Waals surface area contributed by atoms with Gasteiger partial charge in [-0.15, -0.1) is 0 Å². The highest BCUT2D eigenvalue weighted by molar-refractivity contribution is 6.01. The van der Waals surface area contributed by atoms with Crippen molar-refractivity contribution in [2.24, 2.45) is 0 Å². The lowest BCUT2D eigenvalue weighted by atomic mass is 10.0. The molecule has 7 nitrogen and oxygen atoms in total. The molecule has 0 spiro atoms. The minimum absolute atomic E-state index is 0.162. The van der Waals surface area contributed by atoms with Gasteiger partial charge in [-0.3, -0.25) is 9.59 Å². The summed E-state index contributed by atoms with van der Waals surface area (Å²) < 4.78 is 4.61. The third kappa shape index (κ3) is 4.00. The van der Waals surface area contributed by atoms with Gasteiger partial charge in [-0.05, 0) is 23.3 Å². The van der Waals surface area contributed by atoms with E-state index in [4.69, 9.17) is 0 Å². The lowest BCUT2D eigenvalue weighted by Gasteiger charge is -2.18. The fourth-order valence-corrected chi connectivity index (χ4v) is 2.78. The molecule has 0 saturated carbocycles. The molecular weight excluding hydrogens is 334 g/mol. The molecule has 1 aliphatic heterocycles. The SMILES string of the molecule is COC(=O)NC(Cc1ccccc1)C(=O)Nc1ccc2c(c1)C(=O)NC2. The Kier molecular flexibility index (Phi) is 5.17. The smallest absolute Gasteiger partial charge is 0.407 e. The normalized spacial score (nSPS) is 13.3. The van der Waals surface area contributed by atoms with Crippen LogP contribution in [-0.2, 0) is 22.5 Å². The highest BCUT2D eigenvalue weighted by Crippen LogP contribution is 2.20. The maximum Gasteiger partial charge on any atom is 0.407 e. The van der Waals surface area contributed by atoms with E-state index in [-0.39, 0.29) is 5.91 Å². The van der Waals surface area contributed by atoms with Crippen LogP contribution in [0.2, 0.25) is 0 Å². The molecule has 0 fully saturated rings. The predicted molar refractivity (Wildman–Crippen MR) is 95.7 cm³/mol. The monoisotopic (exact) mass is 353 g/mol. The van der Waals surface area contributed by atoms with Crippen molar-refractivity contribution in [1.82, 2.24) is 10.6 Å². The Morgan fingerprint density at radius 3 is 2.69 bits per heavy atom. The number of methoxy groups -OCH3 is 1. The van der Waals surface area contributed by atoms with E-state index in [0.29, 0.717) is 24.2 Å². The maximum atomic E-state index is 12.7. The molecule has 134 valence electrons. The number of hydrogen-bond donors (Lipinski definition) is 3. The Hall–Kier alpha value is -3.35. The van der Waals surface area contributed by atoms with Gasteiger partial charge in [-0.1, -0.05) is 36.4 Å². The van der Waals surface area contributed by atoms with Crippen LogP contribution in [0.25, 0.3) is 0 Å². The number of ether oxygens (including phenoxy) is 1. The molecule has 2 aromatic rings. The molecule has 7 heteroatoms. The molecule has 1 heterocycles. The third-order valence-corrected chi connectivity index (χ3v) is 4.14. The van der Waals surface area contributed by atoms with E-state index < -0.39 is 18.0 Å². The summed E-state index contributed by atoms with van der Waals surface area (Å²) in [6.07, 6.45) is -0.373. The zero-order valence-corrected chi connectivity index (χ0v) is 14.2. The molecule has 1 aliphatic rings. The van der Waals surface area contributed by atoms with Gasteiger partial charge < -0.3 is 20.7 Å². The van der Waals surface area contributed by atoms with Crippen LogP contribution in [0, 0.1) is 0 Å². The van der Waals surface area contributed by atoms with Gasteiger partial charge in [0.15, 0.2) is 0 Å². The summed E-state index contributed by atoms with van der Waals surface area (Å²) in [6, 6.07) is 13.7.